The van der Waals surface area contributed by atoms with E-state index >= 15 is 0 Å². The molecular formula is C9H18N2O. The van der Waals surface area contributed by atoms with Crippen molar-refractivity contribution >= 4 is 5.91 Å². The van der Waals surface area contributed by atoms with Gasteiger partial charge in [-0.1, -0.05) is 20.8 Å². The number of nitrogens with one attached hydrogen (secondary N) is 2. The lowest BCUT2D eigenvalue weighted by molar-refractivity contribution is -0.120. The third-order valence-electron chi connectivity index (χ3n) is 2.13. The Morgan fingerprint density at radius 3 is 2.58 bits per heavy atom. The van der Waals surface area contributed by atoms with Crippen molar-refractivity contribution in [1.82, 2.24) is 10.6 Å². The Morgan fingerprint density at radius 1 is 1.58 bits per heavy atom. The number of carbonyl (C=O) groups is 1. The highest BCUT2D eigenvalue weighted by Crippen LogP contribution is 2.28. The Hall–Kier alpha value is -0.570. The van der Waals surface area contributed by atoms with E-state index in [9.17, 15) is 4.79 Å². The Balaban J connectivity index is 2.04. The molecule has 3 heteroatoms. The first-order chi connectivity index (χ1) is 5.59. The molecular weight excluding hydrogens is 152 g/mol. The van der Waals surface area contributed by atoms with E-state index in [-0.39, 0.29) is 5.91 Å². The van der Waals surface area contributed by atoms with Gasteiger partial charge in [-0.2, -0.15) is 0 Å². The van der Waals surface area contributed by atoms with Crippen LogP contribution in [0.25, 0.3) is 0 Å². The van der Waals surface area contributed by atoms with Gasteiger partial charge in [0, 0.05) is 12.1 Å². The second-order valence-electron chi connectivity index (χ2n) is 3.92. The molecule has 70 valence electrons. The first-order valence-electron chi connectivity index (χ1n) is 4.62. The summed E-state index contributed by atoms with van der Waals surface area (Å²) in [7, 11) is 0. The molecule has 3 nitrogen and oxygen atoms in total. The lowest BCUT2D eigenvalue weighted by Crippen LogP contribution is -2.38. The third kappa shape index (κ3) is 3.22. The molecule has 1 saturated carbocycles. The van der Waals surface area contributed by atoms with Gasteiger partial charge < -0.3 is 10.6 Å². The molecule has 12 heavy (non-hydrogen) atoms. The molecule has 0 aliphatic heterocycles. The summed E-state index contributed by atoms with van der Waals surface area (Å²) in [5.41, 5.74) is 0. The van der Waals surface area contributed by atoms with Crippen LogP contribution in [0, 0.1) is 5.92 Å². The second kappa shape index (κ2) is 3.90. The van der Waals surface area contributed by atoms with Gasteiger partial charge in [0.05, 0.1) is 6.54 Å². The molecule has 0 aromatic heterocycles. The first-order valence-corrected chi connectivity index (χ1v) is 4.62. The zero-order valence-corrected chi connectivity index (χ0v) is 8.05. The smallest absolute Gasteiger partial charge is 0.234 e. The van der Waals surface area contributed by atoms with Crippen molar-refractivity contribution in [3.63, 3.8) is 0 Å². The highest BCUT2D eigenvalue weighted by Gasteiger charge is 2.33. The molecule has 2 atom stereocenters. The van der Waals surface area contributed by atoms with Crippen LogP contribution in [0.15, 0.2) is 0 Å². The zero-order valence-electron chi connectivity index (χ0n) is 8.05. The molecule has 0 aromatic rings. The maximum atomic E-state index is 11.2. The van der Waals surface area contributed by atoms with E-state index in [0.29, 0.717) is 24.5 Å². The quantitative estimate of drug-likeness (QED) is 0.645. The van der Waals surface area contributed by atoms with Gasteiger partial charge in [0.15, 0.2) is 0 Å². The van der Waals surface area contributed by atoms with Crippen LogP contribution < -0.4 is 10.6 Å². The fraction of sp³-hybridized carbons (Fsp3) is 0.889. The Bertz CT molecular complexity index is 168. The molecule has 1 aliphatic rings. The Labute approximate surface area is 73.9 Å². The lowest BCUT2D eigenvalue weighted by atomic mass is 10.4. The molecule has 0 spiro atoms. The number of carbonyl (C=O) groups excluding carboxylic acids is 1. The van der Waals surface area contributed by atoms with Crippen LogP contribution in [0.1, 0.15) is 27.2 Å². The number of hydrogen-bond donors (Lipinski definition) is 2. The van der Waals surface area contributed by atoms with Crippen molar-refractivity contribution in [2.24, 2.45) is 5.92 Å². The minimum absolute atomic E-state index is 0.123. The van der Waals surface area contributed by atoms with E-state index in [1.165, 1.54) is 0 Å². The summed E-state index contributed by atoms with van der Waals surface area (Å²) in [6, 6.07) is 0.832. The number of hydrogen-bond acceptors (Lipinski definition) is 2. The lowest BCUT2D eigenvalue weighted by Gasteiger charge is -2.07. The Morgan fingerprint density at radius 2 is 2.17 bits per heavy atom. The molecule has 0 heterocycles. The molecule has 2 unspecified atom stereocenters. The van der Waals surface area contributed by atoms with E-state index in [2.05, 4.69) is 17.6 Å². The summed E-state index contributed by atoms with van der Waals surface area (Å²) < 4.78 is 0. The van der Waals surface area contributed by atoms with Crippen molar-refractivity contribution in [2.75, 3.05) is 6.54 Å². The van der Waals surface area contributed by atoms with Crippen molar-refractivity contribution in [3.05, 3.63) is 0 Å². The van der Waals surface area contributed by atoms with Crippen LogP contribution in [-0.4, -0.2) is 24.5 Å². The minimum Gasteiger partial charge on any atom is -0.352 e. The molecule has 0 aromatic carbocycles. The summed E-state index contributed by atoms with van der Waals surface area (Å²) in [4.78, 5) is 11.2. The van der Waals surface area contributed by atoms with Crippen molar-refractivity contribution in [1.29, 1.82) is 0 Å². The SMILES string of the molecule is CC(C)NCC(=O)NC1CC1C. The monoisotopic (exact) mass is 170 g/mol. The predicted octanol–water partition coefficient (Wildman–Crippen LogP) is 0.509. The van der Waals surface area contributed by atoms with E-state index in [4.69, 9.17) is 0 Å². The van der Waals surface area contributed by atoms with Gasteiger partial charge in [-0.05, 0) is 12.3 Å². The minimum atomic E-state index is 0.123. The van der Waals surface area contributed by atoms with Crippen LogP contribution in [-0.2, 0) is 4.79 Å². The van der Waals surface area contributed by atoms with Crippen molar-refractivity contribution in [3.8, 4) is 0 Å². The van der Waals surface area contributed by atoms with Crippen LogP contribution in [0.5, 0.6) is 0 Å². The van der Waals surface area contributed by atoms with E-state index < -0.39 is 0 Å². The fourth-order valence-electron chi connectivity index (χ4n) is 1.08. The van der Waals surface area contributed by atoms with Crippen LogP contribution >= 0.6 is 0 Å². The maximum Gasteiger partial charge on any atom is 0.234 e. The van der Waals surface area contributed by atoms with Gasteiger partial charge in [-0.25, -0.2) is 0 Å². The largest absolute Gasteiger partial charge is 0.352 e. The average molecular weight is 170 g/mol. The highest BCUT2D eigenvalue weighted by molar-refractivity contribution is 5.78. The first kappa shape index (κ1) is 9.52. The van der Waals surface area contributed by atoms with Gasteiger partial charge in [0.1, 0.15) is 0 Å². The normalized spacial score (nSPS) is 27.3. The summed E-state index contributed by atoms with van der Waals surface area (Å²) in [6.45, 7) is 6.67. The average Bonchev–Trinajstić information content (AvgIpc) is 2.62. The van der Waals surface area contributed by atoms with Gasteiger partial charge in [-0.15, -0.1) is 0 Å². The molecule has 0 bridgehead atoms. The standard InChI is InChI=1S/C9H18N2O/c1-6(2)10-5-9(12)11-8-4-7(8)3/h6-8,10H,4-5H2,1-3H3,(H,11,12). The molecule has 1 aliphatic carbocycles. The topological polar surface area (TPSA) is 41.1 Å². The van der Waals surface area contributed by atoms with Crippen molar-refractivity contribution < 1.29 is 4.79 Å². The van der Waals surface area contributed by atoms with Crippen LogP contribution in [0.3, 0.4) is 0 Å². The summed E-state index contributed by atoms with van der Waals surface area (Å²) >= 11 is 0. The molecule has 1 amide bonds. The van der Waals surface area contributed by atoms with Gasteiger partial charge >= 0.3 is 0 Å². The maximum absolute atomic E-state index is 11.2. The van der Waals surface area contributed by atoms with Crippen molar-refractivity contribution in [2.45, 2.75) is 39.3 Å². The molecule has 1 fully saturated rings. The van der Waals surface area contributed by atoms with Crippen LogP contribution in [0.4, 0.5) is 0 Å². The third-order valence-corrected chi connectivity index (χ3v) is 2.13. The summed E-state index contributed by atoms with van der Waals surface area (Å²) in [6.07, 6.45) is 1.15. The molecule has 0 radical (unpaired) electrons. The Kier molecular flexibility index (Phi) is 3.09. The molecule has 1 rings (SSSR count). The van der Waals surface area contributed by atoms with E-state index in [0.717, 1.165) is 6.42 Å². The van der Waals surface area contributed by atoms with Gasteiger partial charge in [0.2, 0.25) is 5.91 Å². The van der Waals surface area contributed by atoms with Gasteiger partial charge in [-0.3, -0.25) is 4.79 Å². The van der Waals surface area contributed by atoms with Gasteiger partial charge in [0.25, 0.3) is 0 Å². The zero-order chi connectivity index (χ0) is 9.14. The molecule has 0 saturated heterocycles. The number of rotatable bonds is 4. The van der Waals surface area contributed by atoms with E-state index in [1.807, 2.05) is 13.8 Å². The summed E-state index contributed by atoms with van der Waals surface area (Å²) in [5, 5.41) is 6.04. The highest BCUT2D eigenvalue weighted by atomic mass is 16.2. The van der Waals surface area contributed by atoms with Crippen LogP contribution in [0.2, 0.25) is 0 Å². The van der Waals surface area contributed by atoms with E-state index in [1.54, 1.807) is 0 Å². The fourth-order valence-corrected chi connectivity index (χ4v) is 1.08. The molecule has 2 N–H and O–H groups in total. The predicted molar refractivity (Wildman–Crippen MR) is 48.9 cm³/mol. The second-order valence-corrected chi connectivity index (χ2v) is 3.92. The summed E-state index contributed by atoms with van der Waals surface area (Å²) in [5.74, 6) is 0.811. The number of amides is 1.